The van der Waals surface area contributed by atoms with Crippen molar-refractivity contribution in [3.8, 4) is 0 Å². The molecular formula is C16H26O3. The Morgan fingerprint density at radius 1 is 0.737 bits per heavy atom. The molecule has 3 aliphatic rings. The van der Waals surface area contributed by atoms with Crippen LogP contribution in [-0.2, 0) is 9.47 Å². The molecule has 3 rings (SSSR count). The molecule has 0 N–H and O–H groups in total. The molecule has 0 aromatic rings. The third-order valence-electron chi connectivity index (χ3n) is 5.75. The maximum absolute atomic E-state index is 11.3. The zero-order chi connectivity index (χ0) is 13.1. The number of carbonyl (C=O) groups is 1. The molecule has 1 aliphatic heterocycles. The fourth-order valence-corrected chi connectivity index (χ4v) is 4.63. The van der Waals surface area contributed by atoms with Gasteiger partial charge >= 0.3 is 6.16 Å². The van der Waals surface area contributed by atoms with E-state index < -0.39 is 6.16 Å². The zero-order valence-electron chi connectivity index (χ0n) is 11.9. The Bertz CT molecular complexity index is 284. The van der Waals surface area contributed by atoms with E-state index in [2.05, 4.69) is 0 Å². The molecule has 0 spiro atoms. The van der Waals surface area contributed by atoms with Crippen molar-refractivity contribution in [2.24, 2.45) is 17.3 Å². The fourth-order valence-electron chi connectivity index (χ4n) is 4.63. The van der Waals surface area contributed by atoms with Gasteiger partial charge in [0, 0.05) is 5.41 Å². The maximum Gasteiger partial charge on any atom is 0.508 e. The van der Waals surface area contributed by atoms with Crippen molar-refractivity contribution < 1.29 is 14.3 Å². The smallest absolute Gasteiger partial charge is 0.434 e. The minimum absolute atomic E-state index is 0.134. The van der Waals surface area contributed by atoms with E-state index in [1.807, 2.05) is 0 Å². The summed E-state index contributed by atoms with van der Waals surface area (Å²) < 4.78 is 10.7. The van der Waals surface area contributed by atoms with Crippen molar-refractivity contribution in [2.45, 2.75) is 64.2 Å². The van der Waals surface area contributed by atoms with Gasteiger partial charge in [-0.2, -0.15) is 0 Å². The summed E-state index contributed by atoms with van der Waals surface area (Å²) in [7, 11) is 0. The van der Waals surface area contributed by atoms with E-state index in [-0.39, 0.29) is 5.41 Å². The topological polar surface area (TPSA) is 35.5 Å². The molecule has 0 amide bonds. The molecule has 3 fully saturated rings. The van der Waals surface area contributed by atoms with Crippen molar-refractivity contribution in [3.05, 3.63) is 0 Å². The summed E-state index contributed by atoms with van der Waals surface area (Å²) in [5, 5.41) is 0. The highest BCUT2D eigenvalue weighted by atomic mass is 16.7. The lowest BCUT2D eigenvalue weighted by atomic mass is 9.59. The molecule has 0 atom stereocenters. The summed E-state index contributed by atoms with van der Waals surface area (Å²) in [6.45, 7) is 1.22. The van der Waals surface area contributed by atoms with E-state index in [1.54, 1.807) is 0 Å². The number of carbonyl (C=O) groups excluding carboxylic acids is 1. The van der Waals surface area contributed by atoms with Gasteiger partial charge in [0.1, 0.15) is 13.2 Å². The highest BCUT2D eigenvalue weighted by Gasteiger charge is 2.49. The fraction of sp³-hybridized carbons (Fsp3) is 0.938. The minimum Gasteiger partial charge on any atom is -0.434 e. The lowest BCUT2D eigenvalue weighted by Gasteiger charge is -2.49. The normalized spacial score (nSPS) is 29.6. The average Bonchev–Trinajstić information content (AvgIpc) is 2.50. The third-order valence-corrected chi connectivity index (χ3v) is 5.75. The van der Waals surface area contributed by atoms with E-state index in [0.717, 1.165) is 0 Å². The molecule has 0 unspecified atom stereocenters. The second kappa shape index (κ2) is 5.72. The Kier molecular flexibility index (Phi) is 3.99. The molecule has 108 valence electrons. The molecule has 0 aromatic heterocycles. The summed E-state index contributed by atoms with van der Waals surface area (Å²) in [5.74, 6) is 1.41. The van der Waals surface area contributed by atoms with Gasteiger partial charge < -0.3 is 9.47 Å². The second-order valence-corrected chi connectivity index (χ2v) is 6.73. The number of cyclic esters (lactones) is 2. The highest BCUT2D eigenvalue weighted by molar-refractivity contribution is 5.60. The van der Waals surface area contributed by atoms with Crippen LogP contribution in [0.15, 0.2) is 0 Å². The van der Waals surface area contributed by atoms with E-state index in [9.17, 15) is 4.79 Å². The van der Waals surface area contributed by atoms with E-state index in [4.69, 9.17) is 9.47 Å². The Morgan fingerprint density at radius 2 is 1.16 bits per heavy atom. The monoisotopic (exact) mass is 266 g/mol. The van der Waals surface area contributed by atoms with Crippen LogP contribution in [0.3, 0.4) is 0 Å². The zero-order valence-corrected chi connectivity index (χ0v) is 11.9. The summed E-state index contributed by atoms with van der Waals surface area (Å²) in [6.07, 6.45) is 12.9. The Labute approximate surface area is 116 Å². The first-order valence-electron chi connectivity index (χ1n) is 8.11. The largest absolute Gasteiger partial charge is 0.508 e. The molecule has 1 heterocycles. The lowest BCUT2D eigenvalue weighted by Crippen LogP contribution is -2.51. The molecule has 3 nitrogen and oxygen atoms in total. The minimum atomic E-state index is -0.456. The third kappa shape index (κ3) is 2.61. The van der Waals surface area contributed by atoms with Crippen molar-refractivity contribution in [3.63, 3.8) is 0 Å². The van der Waals surface area contributed by atoms with Crippen LogP contribution in [0.2, 0.25) is 0 Å². The lowest BCUT2D eigenvalue weighted by molar-refractivity contribution is -0.127. The summed E-state index contributed by atoms with van der Waals surface area (Å²) >= 11 is 0. The van der Waals surface area contributed by atoms with Crippen LogP contribution >= 0.6 is 0 Å². The second-order valence-electron chi connectivity index (χ2n) is 6.73. The van der Waals surface area contributed by atoms with Gasteiger partial charge in [0.25, 0.3) is 0 Å². The van der Waals surface area contributed by atoms with Gasteiger partial charge in [-0.1, -0.05) is 38.5 Å². The first-order valence-corrected chi connectivity index (χ1v) is 8.11. The molecule has 0 bridgehead atoms. The summed E-state index contributed by atoms with van der Waals surface area (Å²) in [5.41, 5.74) is 0.134. The summed E-state index contributed by atoms with van der Waals surface area (Å²) in [4.78, 5) is 11.3. The van der Waals surface area contributed by atoms with E-state index in [0.29, 0.717) is 25.0 Å². The molecule has 0 aromatic carbocycles. The van der Waals surface area contributed by atoms with Crippen LogP contribution in [0, 0.1) is 17.3 Å². The van der Waals surface area contributed by atoms with Crippen LogP contribution in [0.4, 0.5) is 4.79 Å². The van der Waals surface area contributed by atoms with Gasteiger partial charge in [-0.25, -0.2) is 4.79 Å². The van der Waals surface area contributed by atoms with Gasteiger partial charge in [-0.3, -0.25) is 0 Å². The number of hydrogen-bond donors (Lipinski definition) is 0. The van der Waals surface area contributed by atoms with Crippen molar-refractivity contribution in [2.75, 3.05) is 13.2 Å². The maximum atomic E-state index is 11.3. The van der Waals surface area contributed by atoms with Crippen molar-refractivity contribution >= 4 is 6.16 Å². The van der Waals surface area contributed by atoms with Crippen LogP contribution in [0.25, 0.3) is 0 Å². The predicted molar refractivity (Wildman–Crippen MR) is 72.9 cm³/mol. The molecule has 1 saturated heterocycles. The van der Waals surface area contributed by atoms with Crippen LogP contribution in [0.1, 0.15) is 64.2 Å². The Hall–Kier alpha value is -0.730. The number of ether oxygens (including phenoxy) is 2. The number of hydrogen-bond acceptors (Lipinski definition) is 3. The van der Waals surface area contributed by atoms with Gasteiger partial charge in [-0.05, 0) is 37.5 Å². The van der Waals surface area contributed by atoms with E-state index >= 15 is 0 Å². The molecule has 2 saturated carbocycles. The van der Waals surface area contributed by atoms with Gasteiger partial charge in [0.2, 0.25) is 0 Å². The van der Waals surface area contributed by atoms with Gasteiger partial charge in [0.05, 0.1) is 0 Å². The van der Waals surface area contributed by atoms with Gasteiger partial charge in [0.15, 0.2) is 0 Å². The quantitative estimate of drug-likeness (QED) is 0.699. The first kappa shape index (κ1) is 13.3. The molecule has 19 heavy (non-hydrogen) atoms. The molecule has 3 heteroatoms. The molecular weight excluding hydrogens is 240 g/mol. The van der Waals surface area contributed by atoms with Gasteiger partial charge in [-0.15, -0.1) is 0 Å². The average molecular weight is 266 g/mol. The van der Waals surface area contributed by atoms with Crippen LogP contribution < -0.4 is 0 Å². The Balaban J connectivity index is 1.78. The first-order chi connectivity index (χ1) is 9.31. The number of rotatable bonds is 2. The van der Waals surface area contributed by atoms with Crippen LogP contribution in [-0.4, -0.2) is 19.4 Å². The van der Waals surface area contributed by atoms with Crippen molar-refractivity contribution in [1.82, 2.24) is 0 Å². The van der Waals surface area contributed by atoms with Crippen molar-refractivity contribution in [1.29, 1.82) is 0 Å². The molecule has 2 aliphatic carbocycles. The van der Waals surface area contributed by atoms with E-state index in [1.165, 1.54) is 64.2 Å². The summed E-state index contributed by atoms with van der Waals surface area (Å²) in [6, 6.07) is 0. The standard InChI is InChI=1S/C16H26O3/c17-15-18-11-16(12-19-15,13-7-3-1-4-8-13)14-9-5-2-6-10-14/h13-14H,1-12H2. The molecule has 0 radical (unpaired) electrons. The Morgan fingerprint density at radius 3 is 1.58 bits per heavy atom. The SMILES string of the molecule is O=C1OCC(C2CCCCC2)(C2CCCCC2)CO1. The van der Waals surface area contributed by atoms with Crippen LogP contribution in [0.5, 0.6) is 0 Å². The predicted octanol–water partition coefficient (Wildman–Crippen LogP) is 4.30. The highest BCUT2D eigenvalue weighted by Crippen LogP contribution is 2.50.